The highest BCUT2D eigenvalue weighted by Crippen LogP contribution is 2.26. The second kappa shape index (κ2) is 3.24. The summed E-state index contributed by atoms with van der Waals surface area (Å²) in [5.41, 5.74) is 0.0295. The first kappa shape index (κ1) is 9.83. The molecule has 1 aromatic heterocycles. The predicted molar refractivity (Wildman–Crippen MR) is 56.5 cm³/mol. The van der Waals surface area contributed by atoms with E-state index in [1.807, 2.05) is 4.57 Å². The first-order valence-corrected chi connectivity index (χ1v) is 4.82. The molecule has 1 aromatic rings. The van der Waals surface area contributed by atoms with Crippen LogP contribution in [-0.4, -0.2) is 16.7 Å². The quantitative estimate of drug-likeness (QED) is 0.738. The van der Waals surface area contributed by atoms with Crippen LogP contribution in [0.25, 0.3) is 0 Å². The predicted octanol–water partition coefficient (Wildman–Crippen LogP) is 2.25. The summed E-state index contributed by atoms with van der Waals surface area (Å²) in [6.07, 6.45) is 1.81. The zero-order valence-corrected chi connectivity index (χ0v) is 9.92. The van der Waals surface area contributed by atoms with Crippen LogP contribution in [0.1, 0.15) is 20.8 Å². The van der Waals surface area contributed by atoms with E-state index in [-0.39, 0.29) is 5.54 Å². The summed E-state index contributed by atoms with van der Waals surface area (Å²) in [6.45, 7) is 6.36. The van der Waals surface area contributed by atoms with Crippen LogP contribution in [-0.2, 0) is 5.54 Å². The van der Waals surface area contributed by atoms with Crippen molar-refractivity contribution in [3.63, 3.8) is 0 Å². The Morgan fingerprint density at radius 3 is 2.42 bits per heavy atom. The van der Waals surface area contributed by atoms with Gasteiger partial charge in [-0.3, -0.25) is 4.57 Å². The van der Waals surface area contributed by atoms with Crippen LogP contribution in [0.3, 0.4) is 0 Å². The van der Waals surface area contributed by atoms with E-state index in [1.165, 1.54) is 0 Å². The molecule has 0 fully saturated rings. The summed E-state index contributed by atoms with van der Waals surface area (Å²) in [5.74, 6) is 0.836. The summed E-state index contributed by atoms with van der Waals surface area (Å²) in [7, 11) is 1.67. The molecule has 0 aliphatic carbocycles. The molecule has 0 amide bonds. The highest BCUT2D eigenvalue weighted by Gasteiger charge is 2.19. The van der Waals surface area contributed by atoms with Gasteiger partial charge in [0, 0.05) is 5.54 Å². The van der Waals surface area contributed by atoms with E-state index in [9.17, 15) is 0 Å². The number of methoxy groups -OCH3 is 1. The molecule has 1 rings (SSSR count). The molecule has 0 radical (unpaired) electrons. The van der Waals surface area contributed by atoms with E-state index < -0.39 is 0 Å². The standard InChI is InChI=1S/C8H13IN2O/c1-8(2,3)11-5-10-6(9)7(11)12-4/h5H,1-4H3. The minimum atomic E-state index is 0.0295. The largest absolute Gasteiger partial charge is 0.480 e. The lowest BCUT2D eigenvalue weighted by Gasteiger charge is -2.22. The Bertz CT molecular complexity index is 275. The summed E-state index contributed by atoms with van der Waals surface area (Å²) in [5, 5.41) is 0. The van der Waals surface area contributed by atoms with Gasteiger partial charge in [0.25, 0.3) is 0 Å². The maximum Gasteiger partial charge on any atom is 0.228 e. The molecule has 3 nitrogen and oxygen atoms in total. The van der Waals surface area contributed by atoms with Gasteiger partial charge in [-0.2, -0.15) is 0 Å². The van der Waals surface area contributed by atoms with Crippen LogP contribution in [0, 0.1) is 3.70 Å². The van der Waals surface area contributed by atoms with Crippen molar-refractivity contribution in [2.45, 2.75) is 26.3 Å². The molecule has 0 saturated carbocycles. The fourth-order valence-electron chi connectivity index (χ4n) is 0.976. The fraction of sp³-hybridized carbons (Fsp3) is 0.625. The van der Waals surface area contributed by atoms with Crippen molar-refractivity contribution in [3.8, 4) is 5.88 Å². The summed E-state index contributed by atoms with van der Waals surface area (Å²) >= 11 is 2.16. The van der Waals surface area contributed by atoms with E-state index in [4.69, 9.17) is 4.74 Å². The second-order valence-corrected chi connectivity index (χ2v) is 4.61. The van der Waals surface area contributed by atoms with Crippen LogP contribution < -0.4 is 4.74 Å². The maximum absolute atomic E-state index is 5.24. The number of aromatic nitrogens is 2. The van der Waals surface area contributed by atoms with Gasteiger partial charge in [0.1, 0.15) is 0 Å². The van der Waals surface area contributed by atoms with Gasteiger partial charge >= 0.3 is 0 Å². The van der Waals surface area contributed by atoms with Gasteiger partial charge in [0.15, 0.2) is 3.70 Å². The van der Waals surface area contributed by atoms with Crippen molar-refractivity contribution in [1.82, 2.24) is 9.55 Å². The third kappa shape index (κ3) is 1.73. The monoisotopic (exact) mass is 280 g/mol. The Morgan fingerprint density at radius 1 is 1.50 bits per heavy atom. The average Bonchev–Trinajstić information content (AvgIpc) is 2.29. The molecule has 0 atom stereocenters. The number of imidazole rings is 1. The minimum Gasteiger partial charge on any atom is -0.480 e. The van der Waals surface area contributed by atoms with Crippen molar-refractivity contribution < 1.29 is 4.74 Å². The van der Waals surface area contributed by atoms with Crippen molar-refractivity contribution in [1.29, 1.82) is 0 Å². The summed E-state index contributed by atoms with van der Waals surface area (Å²) in [6, 6.07) is 0. The highest BCUT2D eigenvalue weighted by molar-refractivity contribution is 14.1. The lowest BCUT2D eigenvalue weighted by molar-refractivity contribution is 0.307. The average molecular weight is 280 g/mol. The Kier molecular flexibility index (Phi) is 2.65. The van der Waals surface area contributed by atoms with Gasteiger partial charge in [-0.1, -0.05) is 0 Å². The number of halogens is 1. The molecule has 0 aromatic carbocycles. The number of hydrogen-bond acceptors (Lipinski definition) is 2. The Balaban J connectivity index is 3.16. The number of ether oxygens (including phenoxy) is 1. The van der Waals surface area contributed by atoms with E-state index in [0.29, 0.717) is 0 Å². The molecule has 0 saturated heterocycles. The van der Waals surface area contributed by atoms with Crippen LogP contribution in [0.5, 0.6) is 5.88 Å². The maximum atomic E-state index is 5.24. The number of rotatable bonds is 1. The Labute approximate surface area is 86.3 Å². The second-order valence-electron chi connectivity index (χ2n) is 3.59. The van der Waals surface area contributed by atoms with Gasteiger partial charge in [-0.25, -0.2) is 4.98 Å². The lowest BCUT2D eigenvalue weighted by atomic mass is 10.1. The molecule has 0 bridgehead atoms. The molecule has 0 spiro atoms. The molecule has 0 N–H and O–H groups in total. The zero-order valence-electron chi connectivity index (χ0n) is 7.76. The molecular formula is C8H13IN2O. The number of nitrogens with zero attached hydrogens (tertiary/aromatic N) is 2. The normalized spacial score (nSPS) is 11.8. The van der Waals surface area contributed by atoms with Crippen LogP contribution in [0.2, 0.25) is 0 Å². The summed E-state index contributed by atoms with van der Waals surface area (Å²) in [4.78, 5) is 4.18. The van der Waals surface area contributed by atoms with Gasteiger partial charge in [0.2, 0.25) is 5.88 Å². The molecule has 0 unspecified atom stereocenters. The Hall–Kier alpha value is -0.260. The lowest BCUT2D eigenvalue weighted by Crippen LogP contribution is -2.21. The third-order valence-corrected chi connectivity index (χ3v) is 2.34. The van der Waals surface area contributed by atoms with Crippen LogP contribution >= 0.6 is 22.6 Å². The van der Waals surface area contributed by atoms with Gasteiger partial charge in [-0.05, 0) is 43.4 Å². The SMILES string of the molecule is COc1c(I)ncn1C(C)(C)C. The molecule has 0 aliphatic heterocycles. The molecule has 1 heterocycles. The third-order valence-electron chi connectivity index (χ3n) is 1.60. The minimum absolute atomic E-state index is 0.0295. The van der Waals surface area contributed by atoms with Crippen molar-refractivity contribution in [2.75, 3.05) is 7.11 Å². The van der Waals surface area contributed by atoms with Crippen molar-refractivity contribution in [3.05, 3.63) is 10.0 Å². The fourth-order valence-corrected chi connectivity index (χ4v) is 1.58. The van der Waals surface area contributed by atoms with Gasteiger partial charge < -0.3 is 4.74 Å². The van der Waals surface area contributed by atoms with Crippen molar-refractivity contribution >= 4 is 22.6 Å². The van der Waals surface area contributed by atoms with Gasteiger partial charge in [0.05, 0.1) is 13.4 Å². The van der Waals surface area contributed by atoms with E-state index in [1.54, 1.807) is 13.4 Å². The molecular weight excluding hydrogens is 267 g/mol. The molecule has 12 heavy (non-hydrogen) atoms. The Morgan fingerprint density at radius 2 is 2.08 bits per heavy atom. The van der Waals surface area contributed by atoms with E-state index in [0.717, 1.165) is 9.58 Å². The van der Waals surface area contributed by atoms with E-state index in [2.05, 4.69) is 48.3 Å². The first-order chi connectivity index (χ1) is 5.46. The zero-order chi connectivity index (χ0) is 9.35. The molecule has 4 heteroatoms. The first-order valence-electron chi connectivity index (χ1n) is 3.74. The smallest absolute Gasteiger partial charge is 0.228 e. The van der Waals surface area contributed by atoms with Gasteiger partial charge in [-0.15, -0.1) is 0 Å². The van der Waals surface area contributed by atoms with E-state index >= 15 is 0 Å². The molecule has 0 aliphatic rings. The topological polar surface area (TPSA) is 27.1 Å². The van der Waals surface area contributed by atoms with Crippen LogP contribution in [0.15, 0.2) is 6.33 Å². The molecule has 68 valence electrons. The summed E-state index contributed by atoms with van der Waals surface area (Å²) < 4.78 is 8.17. The van der Waals surface area contributed by atoms with Crippen molar-refractivity contribution in [2.24, 2.45) is 0 Å². The number of hydrogen-bond donors (Lipinski definition) is 0. The highest BCUT2D eigenvalue weighted by atomic mass is 127. The van der Waals surface area contributed by atoms with Crippen LogP contribution in [0.4, 0.5) is 0 Å².